The van der Waals surface area contributed by atoms with E-state index in [-0.39, 0.29) is 6.47 Å². The van der Waals surface area contributed by atoms with Gasteiger partial charge in [-0.15, -0.1) is 0 Å². The molecule has 0 spiro atoms. The second-order valence-electron chi connectivity index (χ2n) is 3.47. The van der Waals surface area contributed by atoms with Gasteiger partial charge in [0.05, 0.1) is 0 Å². The molecule has 0 saturated heterocycles. The fourth-order valence-electron chi connectivity index (χ4n) is 0.939. The Hall–Kier alpha value is -1.12. The minimum Gasteiger partial charge on any atom is -0.483 e. The van der Waals surface area contributed by atoms with E-state index in [0.29, 0.717) is 12.3 Å². The molecule has 0 aromatic carbocycles. The van der Waals surface area contributed by atoms with E-state index in [1.807, 2.05) is 0 Å². The number of carbonyl (C=O) groups is 2. The zero-order valence-corrected chi connectivity index (χ0v) is 9.19. The molecule has 1 unspecified atom stereocenters. The standard InChI is InChI=1S/C10H18O.CH2O2/c1-9(2)5-4-6-10(3)7-8-11;2-1-3/h5,8,10H,4,6-7H2,1-3H3;1H,(H,2,3). The van der Waals surface area contributed by atoms with Gasteiger partial charge < -0.3 is 9.90 Å². The van der Waals surface area contributed by atoms with Gasteiger partial charge in [-0.2, -0.15) is 0 Å². The van der Waals surface area contributed by atoms with Crippen molar-refractivity contribution in [2.24, 2.45) is 5.92 Å². The topological polar surface area (TPSA) is 54.4 Å². The number of aldehydes is 1. The average Bonchev–Trinajstić information content (AvgIpc) is 2.05. The monoisotopic (exact) mass is 200 g/mol. The number of hydrogen-bond donors (Lipinski definition) is 1. The highest BCUT2D eigenvalue weighted by Gasteiger charge is 1.98. The summed E-state index contributed by atoms with van der Waals surface area (Å²) in [5.41, 5.74) is 1.36. The largest absolute Gasteiger partial charge is 0.483 e. The maximum atomic E-state index is 10.1. The number of carbonyl (C=O) groups excluding carboxylic acids is 1. The van der Waals surface area contributed by atoms with Gasteiger partial charge in [0, 0.05) is 6.42 Å². The summed E-state index contributed by atoms with van der Waals surface area (Å²) in [5, 5.41) is 6.89. The highest BCUT2D eigenvalue weighted by Crippen LogP contribution is 2.09. The molecule has 82 valence electrons. The third-order valence-electron chi connectivity index (χ3n) is 1.71. The van der Waals surface area contributed by atoms with Gasteiger partial charge in [-0.1, -0.05) is 18.6 Å². The molecule has 0 saturated carbocycles. The second-order valence-corrected chi connectivity index (χ2v) is 3.47. The van der Waals surface area contributed by atoms with Crippen molar-refractivity contribution >= 4 is 12.8 Å². The molecule has 0 aliphatic carbocycles. The Morgan fingerprint density at radius 1 is 1.36 bits per heavy atom. The lowest BCUT2D eigenvalue weighted by Gasteiger charge is -2.03. The Bertz CT molecular complexity index is 169. The molecule has 0 rings (SSSR count). The lowest BCUT2D eigenvalue weighted by molar-refractivity contribution is -0.122. The summed E-state index contributed by atoms with van der Waals surface area (Å²) in [6, 6.07) is 0. The first-order valence-corrected chi connectivity index (χ1v) is 4.73. The third kappa shape index (κ3) is 17.1. The summed E-state index contributed by atoms with van der Waals surface area (Å²) in [4.78, 5) is 18.5. The fraction of sp³-hybridized carbons (Fsp3) is 0.636. The van der Waals surface area contributed by atoms with Crippen LogP contribution in [0.1, 0.15) is 40.0 Å². The van der Waals surface area contributed by atoms with Crippen molar-refractivity contribution in [3.63, 3.8) is 0 Å². The Labute approximate surface area is 85.8 Å². The first-order chi connectivity index (χ1) is 6.58. The van der Waals surface area contributed by atoms with Gasteiger partial charge in [0.2, 0.25) is 0 Å². The van der Waals surface area contributed by atoms with Crippen LogP contribution in [0, 0.1) is 5.92 Å². The fourth-order valence-corrected chi connectivity index (χ4v) is 0.939. The summed E-state index contributed by atoms with van der Waals surface area (Å²) in [6.45, 7) is 6.07. The molecule has 0 aliphatic heterocycles. The normalized spacial score (nSPS) is 10.5. The summed E-state index contributed by atoms with van der Waals surface area (Å²) in [6.07, 6.45) is 6.17. The SMILES string of the molecule is CC(C)=CCCC(C)CC=O.O=CO. The smallest absolute Gasteiger partial charge is 0.290 e. The molecule has 0 amide bonds. The molecule has 14 heavy (non-hydrogen) atoms. The van der Waals surface area contributed by atoms with E-state index < -0.39 is 0 Å². The summed E-state index contributed by atoms with van der Waals surface area (Å²) < 4.78 is 0. The van der Waals surface area contributed by atoms with Gasteiger partial charge >= 0.3 is 0 Å². The number of rotatable bonds is 5. The molecular weight excluding hydrogens is 180 g/mol. The lowest BCUT2D eigenvalue weighted by atomic mass is 10.0. The van der Waals surface area contributed by atoms with Gasteiger partial charge in [-0.3, -0.25) is 4.79 Å². The van der Waals surface area contributed by atoms with E-state index >= 15 is 0 Å². The summed E-state index contributed by atoms with van der Waals surface area (Å²) in [5.74, 6) is 0.545. The van der Waals surface area contributed by atoms with Gasteiger partial charge in [0.25, 0.3) is 6.47 Å². The first kappa shape index (κ1) is 15.4. The van der Waals surface area contributed by atoms with E-state index in [1.54, 1.807) is 0 Å². The van der Waals surface area contributed by atoms with E-state index in [9.17, 15) is 4.79 Å². The zero-order chi connectivity index (χ0) is 11.4. The highest BCUT2D eigenvalue weighted by molar-refractivity contribution is 5.49. The minimum atomic E-state index is -0.250. The molecule has 0 radical (unpaired) electrons. The maximum absolute atomic E-state index is 10.1. The number of hydrogen-bond acceptors (Lipinski definition) is 2. The highest BCUT2D eigenvalue weighted by atomic mass is 16.3. The molecule has 0 aromatic heterocycles. The summed E-state index contributed by atoms with van der Waals surface area (Å²) >= 11 is 0. The number of carboxylic acid groups (broad SMARTS) is 1. The molecule has 3 heteroatoms. The maximum Gasteiger partial charge on any atom is 0.290 e. The molecule has 0 heterocycles. The lowest BCUT2D eigenvalue weighted by Crippen LogP contribution is -1.93. The van der Waals surface area contributed by atoms with Crippen molar-refractivity contribution in [1.82, 2.24) is 0 Å². The van der Waals surface area contributed by atoms with Crippen LogP contribution in [0.2, 0.25) is 0 Å². The van der Waals surface area contributed by atoms with Crippen LogP contribution < -0.4 is 0 Å². The molecular formula is C11H20O3. The molecule has 0 bridgehead atoms. The molecule has 1 atom stereocenters. The van der Waals surface area contributed by atoms with Crippen LogP contribution >= 0.6 is 0 Å². The summed E-state index contributed by atoms with van der Waals surface area (Å²) in [7, 11) is 0. The second kappa shape index (κ2) is 11.9. The zero-order valence-electron chi connectivity index (χ0n) is 9.19. The first-order valence-electron chi connectivity index (χ1n) is 4.73. The van der Waals surface area contributed by atoms with Gasteiger partial charge in [-0.25, -0.2) is 0 Å². The van der Waals surface area contributed by atoms with Crippen molar-refractivity contribution in [1.29, 1.82) is 0 Å². The van der Waals surface area contributed by atoms with Crippen molar-refractivity contribution in [3.05, 3.63) is 11.6 Å². The molecule has 3 nitrogen and oxygen atoms in total. The minimum absolute atomic E-state index is 0.250. The third-order valence-corrected chi connectivity index (χ3v) is 1.71. The van der Waals surface area contributed by atoms with Crippen LogP contribution in [0.4, 0.5) is 0 Å². The van der Waals surface area contributed by atoms with E-state index in [2.05, 4.69) is 26.8 Å². The van der Waals surface area contributed by atoms with Crippen molar-refractivity contribution < 1.29 is 14.7 Å². The van der Waals surface area contributed by atoms with Crippen molar-refractivity contribution in [3.8, 4) is 0 Å². The van der Waals surface area contributed by atoms with Crippen LogP contribution in [-0.4, -0.2) is 17.9 Å². The van der Waals surface area contributed by atoms with Crippen LogP contribution in [0.5, 0.6) is 0 Å². The van der Waals surface area contributed by atoms with Gasteiger partial charge in [0.15, 0.2) is 0 Å². The predicted molar refractivity (Wildman–Crippen MR) is 57.2 cm³/mol. The van der Waals surface area contributed by atoms with Crippen LogP contribution in [0.25, 0.3) is 0 Å². The molecule has 0 aromatic rings. The van der Waals surface area contributed by atoms with E-state index in [1.165, 1.54) is 5.57 Å². The van der Waals surface area contributed by atoms with Gasteiger partial charge in [-0.05, 0) is 32.6 Å². The van der Waals surface area contributed by atoms with E-state index in [4.69, 9.17) is 9.90 Å². The van der Waals surface area contributed by atoms with Gasteiger partial charge in [0.1, 0.15) is 6.29 Å². The Morgan fingerprint density at radius 2 is 1.86 bits per heavy atom. The van der Waals surface area contributed by atoms with E-state index in [0.717, 1.165) is 19.1 Å². The van der Waals surface area contributed by atoms with Crippen LogP contribution in [0.3, 0.4) is 0 Å². The van der Waals surface area contributed by atoms with Crippen molar-refractivity contribution in [2.45, 2.75) is 40.0 Å². The molecule has 1 N–H and O–H groups in total. The predicted octanol–water partition coefficient (Wildman–Crippen LogP) is 2.66. The number of allylic oxidation sites excluding steroid dienone is 2. The van der Waals surface area contributed by atoms with Crippen LogP contribution in [0.15, 0.2) is 11.6 Å². The Balaban J connectivity index is 0. The average molecular weight is 200 g/mol. The molecule has 0 fully saturated rings. The van der Waals surface area contributed by atoms with Crippen LogP contribution in [-0.2, 0) is 9.59 Å². The molecule has 0 aliphatic rings. The quantitative estimate of drug-likeness (QED) is 0.548. The Kier molecular flexibility index (Phi) is 13.0. The Morgan fingerprint density at radius 3 is 2.21 bits per heavy atom. The van der Waals surface area contributed by atoms with Crippen molar-refractivity contribution in [2.75, 3.05) is 0 Å².